The summed E-state index contributed by atoms with van der Waals surface area (Å²) >= 11 is 0. The molecule has 0 N–H and O–H groups in total. The van der Waals surface area contributed by atoms with Crippen LogP contribution in [-0.2, 0) is 7.05 Å². The maximum absolute atomic E-state index is 5.45. The highest BCUT2D eigenvalue weighted by Crippen LogP contribution is 2.35. The number of hydrogen-bond donors (Lipinski definition) is 0. The van der Waals surface area contributed by atoms with Gasteiger partial charge in [0.05, 0.1) is 12.8 Å². The Balaban J connectivity index is 1.90. The summed E-state index contributed by atoms with van der Waals surface area (Å²) in [6, 6.07) is 7.98. The van der Waals surface area contributed by atoms with Crippen LogP contribution >= 0.6 is 0 Å². The molecule has 5 nitrogen and oxygen atoms in total. The van der Waals surface area contributed by atoms with Crippen LogP contribution < -0.4 is 9.64 Å². The minimum Gasteiger partial charge on any atom is -0.495 e. The second-order valence-electron chi connectivity index (χ2n) is 5.98. The molecule has 1 aromatic carbocycles. The summed E-state index contributed by atoms with van der Waals surface area (Å²) in [5, 5.41) is 8.90. The van der Waals surface area contributed by atoms with E-state index in [1.54, 1.807) is 7.11 Å². The van der Waals surface area contributed by atoms with Crippen molar-refractivity contribution >= 4 is 11.6 Å². The molecule has 0 bridgehead atoms. The first-order valence-corrected chi connectivity index (χ1v) is 7.98. The van der Waals surface area contributed by atoms with E-state index in [0.29, 0.717) is 5.92 Å². The second kappa shape index (κ2) is 6.38. The number of hydrogen-bond acceptors (Lipinski definition) is 4. The Labute approximate surface area is 131 Å². The van der Waals surface area contributed by atoms with Gasteiger partial charge >= 0.3 is 0 Å². The second-order valence-corrected chi connectivity index (χ2v) is 5.98. The van der Waals surface area contributed by atoms with Crippen LogP contribution in [0.25, 0.3) is 0 Å². The zero-order chi connectivity index (χ0) is 15.5. The van der Waals surface area contributed by atoms with Crippen molar-refractivity contribution in [3.8, 4) is 5.75 Å². The van der Waals surface area contributed by atoms with Crippen LogP contribution in [0.5, 0.6) is 5.75 Å². The average Bonchev–Trinajstić information content (AvgIpc) is 2.96. The zero-order valence-corrected chi connectivity index (χ0v) is 13.6. The fraction of sp³-hybridized carbons (Fsp3) is 0.529. The summed E-state index contributed by atoms with van der Waals surface area (Å²) in [6.45, 7) is 0. The summed E-state index contributed by atoms with van der Waals surface area (Å²) in [7, 11) is 5.76. The Morgan fingerprint density at radius 3 is 2.59 bits per heavy atom. The number of nitrogens with zero attached hydrogens (tertiary/aromatic N) is 4. The van der Waals surface area contributed by atoms with E-state index in [1.807, 2.05) is 36.2 Å². The van der Waals surface area contributed by atoms with Gasteiger partial charge in [0.2, 0.25) is 5.95 Å². The SMILES string of the molecule is COc1ccccc1N(C)c1nnc(C2CCCCC2)n1C. The molecular formula is C17H24N4O. The molecule has 118 valence electrons. The standard InChI is InChI=1S/C17H24N4O/c1-20(14-11-7-8-12-15(14)22-3)17-19-18-16(21(17)2)13-9-5-4-6-10-13/h7-8,11-13H,4-6,9-10H2,1-3H3. The molecule has 2 aromatic rings. The van der Waals surface area contributed by atoms with Crippen LogP contribution in [0, 0.1) is 0 Å². The minimum atomic E-state index is 0.547. The lowest BCUT2D eigenvalue weighted by atomic mass is 9.89. The van der Waals surface area contributed by atoms with Crippen molar-refractivity contribution in [3.63, 3.8) is 0 Å². The summed E-state index contributed by atoms with van der Waals surface area (Å²) in [5.41, 5.74) is 0.996. The summed E-state index contributed by atoms with van der Waals surface area (Å²) in [4.78, 5) is 2.04. The maximum atomic E-state index is 5.45. The van der Waals surface area contributed by atoms with Crippen molar-refractivity contribution in [1.82, 2.24) is 14.8 Å². The van der Waals surface area contributed by atoms with E-state index < -0.39 is 0 Å². The van der Waals surface area contributed by atoms with Crippen LogP contribution in [0.4, 0.5) is 11.6 Å². The van der Waals surface area contributed by atoms with E-state index in [9.17, 15) is 0 Å². The van der Waals surface area contributed by atoms with Gasteiger partial charge in [0, 0.05) is 20.0 Å². The van der Waals surface area contributed by atoms with Crippen LogP contribution in [0.1, 0.15) is 43.8 Å². The van der Waals surface area contributed by atoms with Gasteiger partial charge in [0.1, 0.15) is 11.6 Å². The molecule has 0 atom stereocenters. The lowest BCUT2D eigenvalue weighted by Gasteiger charge is -2.23. The molecule has 1 saturated carbocycles. The molecule has 1 heterocycles. The molecule has 1 fully saturated rings. The van der Waals surface area contributed by atoms with E-state index in [1.165, 1.54) is 32.1 Å². The van der Waals surface area contributed by atoms with Gasteiger partial charge in [-0.25, -0.2) is 0 Å². The average molecular weight is 300 g/mol. The van der Waals surface area contributed by atoms with Crippen molar-refractivity contribution < 1.29 is 4.74 Å². The third kappa shape index (κ3) is 2.67. The van der Waals surface area contributed by atoms with E-state index in [4.69, 9.17) is 4.74 Å². The molecule has 0 amide bonds. The van der Waals surface area contributed by atoms with E-state index in [-0.39, 0.29) is 0 Å². The number of para-hydroxylation sites is 2. The van der Waals surface area contributed by atoms with E-state index in [0.717, 1.165) is 23.2 Å². The molecule has 0 saturated heterocycles. The van der Waals surface area contributed by atoms with Crippen LogP contribution in [0.2, 0.25) is 0 Å². The monoisotopic (exact) mass is 300 g/mol. The summed E-state index contributed by atoms with van der Waals surface area (Å²) < 4.78 is 7.58. The van der Waals surface area contributed by atoms with Crippen molar-refractivity contribution in [2.45, 2.75) is 38.0 Å². The van der Waals surface area contributed by atoms with Gasteiger partial charge < -0.3 is 9.64 Å². The molecule has 0 unspecified atom stereocenters. The lowest BCUT2D eigenvalue weighted by Crippen LogP contribution is -2.17. The molecule has 1 aliphatic rings. The first-order chi connectivity index (χ1) is 10.7. The van der Waals surface area contributed by atoms with Gasteiger partial charge in [-0.1, -0.05) is 31.4 Å². The molecule has 1 aromatic heterocycles. The predicted molar refractivity (Wildman–Crippen MR) is 87.9 cm³/mol. The first kappa shape index (κ1) is 14.9. The Bertz CT molecular complexity index is 631. The highest BCUT2D eigenvalue weighted by atomic mass is 16.5. The molecule has 0 spiro atoms. The number of benzene rings is 1. The number of ether oxygens (including phenoxy) is 1. The fourth-order valence-electron chi connectivity index (χ4n) is 3.36. The third-order valence-electron chi connectivity index (χ3n) is 4.60. The number of rotatable bonds is 4. The Morgan fingerprint density at radius 2 is 1.86 bits per heavy atom. The van der Waals surface area contributed by atoms with Gasteiger partial charge in [0.15, 0.2) is 0 Å². The maximum Gasteiger partial charge on any atom is 0.231 e. The van der Waals surface area contributed by atoms with Crippen LogP contribution in [-0.4, -0.2) is 28.9 Å². The van der Waals surface area contributed by atoms with E-state index in [2.05, 4.69) is 21.8 Å². The van der Waals surface area contributed by atoms with Gasteiger partial charge in [-0.05, 0) is 25.0 Å². The van der Waals surface area contributed by atoms with Crippen molar-refractivity contribution in [3.05, 3.63) is 30.1 Å². The Morgan fingerprint density at radius 1 is 1.14 bits per heavy atom. The molecule has 1 aliphatic carbocycles. The van der Waals surface area contributed by atoms with Gasteiger partial charge in [-0.2, -0.15) is 0 Å². The normalized spacial score (nSPS) is 15.8. The van der Waals surface area contributed by atoms with Crippen molar-refractivity contribution in [2.75, 3.05) is 19.1 Å². The van der Waals surface area contributed by atoms with Gasteiger partial charge in [0.25, 0.3) is 0 Å². The molecule has 0 radical (unpaired) electrons. The summed E-state index contributed by atoms with van der Waals surface area (Å²) in [6.07, 6.45) is 6.40. The Hall–Kier alpha value is -2.04. The largest absolute Gasteiger partial charge is 0.495 e. The summed E-state index contributed by atoms with van der Waals surface area (Å²) in [5.74, 6) is 3.35. The topological polar surface area (TPSA) is 43.2 Å². The minimum absolute atomic E-state index is 0.547. The lowest BCUT2D eigenvalue weighted by molar-refractivity contribution is 0.415. The molecule has 0 aliphatic heterocycles. The number of methoxy groups -OCH3 is 1. The quantitative estimate of drug-likeness (QED) is 0.864. The number of aromatic nitrogens is 3. The Kier molecular flexibility index (Phi) is 4.32. The smallest absolute Gasteiger partial charge is 0.231 e. The molecular weight excluding hydrogens is 276 g/mol. The molecule has 3 rings (SSSR count). The molecule has 5 heteroatoms. The van der Waals surface area contributed by atoms with Crippen LogP contribution in [0.15, 0.2) is 24.3 Å². The van der Waals surface area contributed by atoms with E-state index >= 15 is 0 Å². The first-order valence-electron chi connectivity index (χ1n) is 7.98. The van der Waals surface area contributed by atoms with Crippen molar-refractivity contribution in [2.24, 2.45) is 7.05 Å². The molecule has 22 heavy (non-hydrogen) atoms. The fourth-order valence-corrected chi connectivity index (χ4v) is 3.36. The van der Waals surface area contributed by atoms with Crippen molar-refractivity contribution in [1.29, 1.82) is 0 Å². The highest BCUT2D eigenvalue weighted by Gasteiger charge is 2.23. The van der Waals surface area contributed by atoms with Gasteiger partial charge in [-0.15, -0.1) is 10.2 Å². The predicted octanol–water partition coefficient (Wildman–Crippen LogP) is 3.64. The third-order valence-corrected chi connectivity index (χ3v) is 4.60. The van der Waals surface area contributed by atoms with Gasteiger partial charge in [-0.3, -0.25) is 4.57 Å². The zero-order valence-electron chi connectivity index (χ0n) is 13.6. The van der Waals surface area contributed by atoms with Crippen LogP contribution in [0.3, 0.4) is 0 Å². The number of anilines is 2. The highest BCUT2D eigenvalue weighted by molar-refractivity contribution is 5.64.